The average molecular weight is 610 g/mol. The molecule has 0 bridgehead atoms. The summed E-state index contributed by atoms with van der Waals surface area (Å²) in [6, 6.07) is -0.889. The topological polar surface area (TPSA) is 92.7 Å². The number of carbonyl (C=O) groups excluding carboxylic acids is 2. The second kappa shape index (κ2) is 31.8. The van der Waals surface area contributed by atoms with Crippen molar-refractivity contribution in [3.8, 4) is 0 Å². The number of rotatable bonds is 33. The largest absolute Gasteiger partial charge is 0.481 e. The molecule has 6 heteroatoms. The molecule has 0 rings (SSSR count). The van der Waals surface area contributed by atoms with E-state index in [0.717, 1.165) is 44.9 Å². The van der Waals surface area contributed by atoms with E-state index in [2.05, 4.69) is 26.1 Å². The minimum absolute atomic E-state index is 0.0673. The Morgan fingerprint density at radius 1 is 0.535 bits per heavy atom. The molecular formula is C37H71NO5. The third-order valence-electron chi connectivity index (χ3n) is 8.67. The molecule has 0 aromatic rings. The van der Waals surface area contributed by atoms with Gasteiger partial charge in [-0.1, -0.05) is 162 Å². The van der Waals surface area contributed by atoms with Crippen LogP contribution in [0.4, 0.5) is 0 Å². The molecule has 0 radical (unpaired) electrons. The van der Waals surface area contributed by atoms with E-state index < -0.39 is 18.0 Å². The van der Waals surface area contributed by atoms with Gasteiger partial charge in [-0.15, -0.1) is 0 Å². The molecule has 6 nitrogen and oxygen atoms in total. The summed E-state index contributed by atoms with van der Waals surface area (Å²) in [5, 5.41) is 12.0. The molecule has 2 atom stereocenters. The maximum atomic E-state index is 13.0. The highest BCUT2D eigenvalue weighted by Gasteiger charge is 2.24. The number of esters is 1. The van der Waals surface area contributed by atoms with Crippen LogP contribution in [-0.4, -0.2) is 35.6 Å². The van der Waals surface area contributed by atoms with E-state index in [-0.39, 0.29) is 18.7 Å². The van der Waals surface area contributed by atoms with E-state index in [1.165, 1.54) is 116 Å². The van der Waals surface area contributed by atoms with Crippen LogP contribution in [0.5, 0.6) is 0 Å². The summed E-state index contributed by atoms with van der Waals surface area (Å²) in [6.07, 6.45) is 30.6. The van der Waals surface area contributed by atoms with Gasteiger partial charge in [-0.25, -0.2) is 4.79 Å². The minimum atomic E-state index is -0.971. The number of ether oxygens (including phenoxy) is 1. The summed E-state index contributed by atoms with van der Waals surface area (Å²) in [5.41, 5.74) is 0. The van der Waals surface area contributed by atoms with Crippen LogP contribution in [0.2, 0.25) is 0 Å². The van der Waals surface area contributed by atoms with Crippen molar-refractivity contribution in [1.29, 1.82) is 0 Å². The molecule has 254 valence electrons. The van der Waals surface area contributed by atoms with Crippen molar-refractivity contribution in [3.63, 3.8) is 0 Å². The van der Waals surface area contributed by atoms with Crippen LogP contribution in [0.15, 0.2) is 0 Å². The monoisotopic (exact) mass is 610 g/mol. The Labute approximate surface area is 266 Å². The number of aliphatic carboxylic acids is 1. The molecule has 0 aliphatic carbocycles. The van der Waals surface area contributed by atoms with Gasteiger partial charge in [0.1, 0.15) is 6.04 Å². The Bertz CT molecular complexity index is 653. The summed E-state index contributed by atoms with van der Waals surface area (Å²) in [6.45, 7) is 7.07. The number of hydrogen-bond acceptors (Lipinski definition) is 4. The van der Waals surface area contributed by atoms with E-state index in [0.29, 0.717) is 18.9 Å². The Morgan fingerprint density at radius 2 is 0.930 bits per heavy atom. The molecule has 0 saturated heterocycles. The fourth-order valence-electron chi connectivity index (χ4n) is 5.77. The predicted octanol–water partition coefficient (Wildman–Crippen LogP) is 10.7. The molecule has 0 heterocycles. The number of carboxylic acids is 1. The summed E-state index contributed by atoms with van der Waals surface area (Å²) in [7, 11) is 0. The second-order valence-corrected chi connectivity index (χ2v) is 12.9. The molecule has 0 spiro atoms. The lowest BCUT2D eigenvalue weighted by Gasteiger charge is -2.21. The number of carbonyl (C=O) groups is 3. The number of carboxylic acid groups (broad SMARTS) is 1. The molecule has 2 unspecified atom stereocenters. The fourth-order valence-corrected chi connectivity index (χ4v) is 5.77. The fraction of sp³-hybridized carbons (Fsp3) is 0.919. The van der Waals surface area contributed by atoms with Crippen molar-refractivity contribution in [2.45, 2.75) is 207 Å². The van der Waals surface area contributed by atoms with Crippen molar-refractivity contribution in [1.82, 2.24) is 5.32 Å². The molecule has 0 saturated carbocycles. The molecule has 43 heavy (non-hydrogen) atoms. The number of nitrogens with one attached hydrogen (secondary N) is 1. The van der Waals surface area contributed by atoms with Crippen molar-refractivity contribution >= 4 is 17.8 Å². The highest BCUT2D eigenvalue weighted by molar-refractivity contribution is 5.84. The van der Waals surface area contributed by atoms with Gasteiger partial charge in [-0.05, 0) is 31.6 Å². The van der Waals surface area contributed by atoms with Crippen LogP contribution in [0, 0.1) is 5.92 Å². The maximum absolute atomic E-state index is 13.0. The molecule has 2 N–H and O–H groups in total. The Morgan fingerprint density at radius 3 is 1.35 bits per heavy atom. The van der Waals surface area contributed by atoms with E-state index in [4.69, 9.17) is 4.74 Å². The van der Waals surface area contributed by atoms with Crippen molar-refractivity contribution in [2.75, 3.05) is 6.61 Å². The average Bonchev–Trinajstić information content (AvgIpc) is 2.99. The van der Waals surface area contributed by atoms with Gasteiger partial charge >= 0.3 is 11.9 Å². The Hall–Kier alpha value is -1.59. The van der Waals surface area contributed by atoms with Gasteiger partial charge in [0, 0.05) is 12.8 Å². The summed E-state index contributed by atoms with van der Waals surface area (Å²) in [5.74, 6) is -1.31. The third-order valence-corrected chi connectivity index (χ3v) is 8.67. The first-order valence-corrected chi connectivity index (χ1v) is 18.6. The van der Waals surface area contributed by atoms with Gasteiger partial charge in [-0.3, -0.25) is 9.59 Å². The van der Waals surface area contributed by atoms with Crippen LogP contribution in [-0.2, 0) is 19.1 Å². The van der Waals surface area contributed by atoms with Gasteiger partial charge in [-0.2, -0.15) is 0 Å². The second-order valence-electron chi connectivity index (χ2n) is 12.9. The van der Waals surface area contributed by atoms with E-state index in [1.54, 1.807) is 0 Å². The van der Waals surface area contributed by atoms with E-state index >= 15 is 0 Å². The summed E-state index contributed by atoms with van der Waals surface area (Å²) >= 11 is 0. The molecular weight excluding hydrogens is 538 g/mol. The highest BCUT2D eigenvalue weighted by Crippen LogP contribution is 2.21. The normalized spacial score (nSPS) is 12.6. The molecule has 0 aliphatic rings. The smallest absolute Gasteiger partial charge is 0.328 e. The summed E-state index contributed by atoms with van der Waals surface area (Å²) < 4.78 is 5.77. The van der Waals surface area contributed by atoms with Gasteiger partial charge in [0.15, 0.2) is 0 Å². The lowest BCUT2D eigenvalue weighted by atomic mass is 9.94. The Balaban J connectivity index is 4.66. The van der Waals surface area contributed by atoms with Crippen LogP contribution in [0.25, 0.3) is 0 Å². The minimum Gasteiger partial charge on any atom is -0.481 e. The lowest BCUT2D eigenvalue weighted by Crippen LogP contribution is -2.42. The first-order chi connectivity index (χ1) is 20.9. The lowest BCUT2D eigenvalue weighted by molar-refractivity contribution is -0.150. The SMILES string of the molecule is CCCCCCCCCCCC(=O)NC(CCC(=O)O)C(=O)OCC(CCCCCCCC)CCCCCCCCCC. The quantitative estimate of drug-likeness (QED) is 0.0570. The number of amides is 1. The first kappa shape index (κ1) is 41.4. The summed E-state index contributed by atoms with van der Waals surface area (Å²) in [4.78, 5) is 36.9. The predicted molar refractivity (Wildman–Crippen MR) is 180 cm³/mol. The van der Waals surface area contributed by atoms with Crippen LogP contribution >= 0.6 is 0 Å². The highest BCUT2D eigenvalue weighted by atomic mass is 16.5. The van der Waals surface area contributed by atoms with Gasteiger partial charge in [0.2, 0.25) is 5.91 Å². The van der Waals surface area contributed by atoms with Gasteiger partial charge < -0.3 is 15.2 Å². The first-order valence-electron chi connectivity index (χ1n) is 18.6. The molecule has 0 aromatic heterocycles. The zero-order chi connectivity index (χ0) is 31.8. The van der Waals surface area contributed by atoms with Crippen molar-refractivity contribution < 1.29 is 24.2 Å². The van der Waals surface area contributed by atoms with Crippen LogP contribution in [0.3, 0.4) is 0 Å². The van der Waals surface area contributed by atoms with E-state index in [1.807, 2.05) is 0 Å². The zero-order valence-corrected chi connectivity index (χ0v) is 28.7. The number of hydrogen-bond donors (Lipinski definition) is 2. The van der Waals surface area contributed by atoms with Crippen LogP contribution in [0.1, 0.15) is 201 Å². The van der Waals surface area contributed by atoms with Gasteiger partial charge in [0.25, 0.3) is 0 Å². The molecule has 0 fully saturated rings. The van der Waals surface area contributed by atoms with Crippen molar-refractivity contribution in [3.05, 3.63) is 0 Å². The Kier molecular flexibility index (Phi) is 30.6. The standard InChI is InChI=1S/C37H71NO5/c1-4-7-10-13-16-18-20-23-26-29-35(39)38-34(30-31-36(40)41)37(42)43-32-33(27-24-21-15-12-9-6-3)28-25-22-19-17-14-11-8-5-2/h33-34H,4-32H2,1-3H3,(H,38,39)(H,40,41). The van der Waals surface area contributed by atoms with E-state index in [9.17, 15) is 19.5 Å². The number of unbranched alkanes of at least 4 members (excludes halogenated alkanes) is 20. The molecule has 0 aromatic carbocycles. The zero-order valence-electron chi connectivity index (χ0n) is 28.7. The maximum Gasteiger partial charge on any atom is 0.328 e. The van der Waals surface area contributed by atoms with Crippen LogP contribution < -0.4 is 5.32 Å². The molecule has 1 amide bonds. The molecule has 0 aliphatic heterocycles. The van der Waals surface area contributed by atoms with Crippen molar-refractivity contribution in [2.24, 2.45) is 5.92 Å². The van der Waals surface area contributed by atoms with Gasteiger partial charge in [0.05, 0.1) is 6.61 Å². The third kappa shape index (κ3) is 28.9.